The molecule has 0 N–H and O–H groups in total. The van der Waals surface area contributed by atoms with Crippen LogP contribution in [0.4, 0.5) is 0 Å². The zero-order valence-electron chi connectivity index (χ0n) is 11.5. The van der Waals surface area contributed by atoms with Crippen LogP contribution in [0.5, 0.6) is 5.75 Å². The molecule has 0 fully saturated rings. The first-order valence-corrected chi connectivity index (χ1v) is 5.71. The summed E-state index contributed by atoms with van der Waals surface area (Å²) < 4.78 is 5.12. The van der Waals surface area contributed by atoms with Crippen molar-refractivity contribution in [3.8, 4) is 5.75 Å². The molecule has 0 amide bonds. The summed E-state index contributed by atoms with van der Waals surface area (Å²) in [5.74, 6) is 0.852. The zero-order chi connectivity index (χ0) is 12.8. The molecule has 19 heavy (non-hydrogen) atoms. The van der Waals surface area contributed by atoms with E-state index in [9.17, 15) is 0 Å². The first-order chi connectivity index (χ1) is 8.79. The topological polar surface area (TPSA) is 35.7 Å². The van der Waals surface area contributed by atoms with Crippen molar-refractivity contribution in [3.63, 3.8) is 0 Å². The van der Waals surface area contributed by atoms with Gasteiger partial charge in [0.25, 0.3) is 0 Å². The molecule has 3 nitrogen and oxygen atoms in total. The summed E-state index contributed by atoms with van der Waals surface area (Å²) in [6.45, 7) is 1.99. The maximum atomic E-state index is 5.12. The molecular formula is C15H15LiN2O. The van der Waals surface area contributed by atoms with Gasteiger partial charge in [-0.3, -0.25) is 4.99 Å². The van der Waals surface area contributed by atoms with E-state index in [2.05, 4.69) is 10.3 Å². The second-order valence-corrected chi connectivity index (χ2v) is 3.85. The molecule has 1 heterocycles. The SMILES string of the molecule is COc1ccc(C(C)=NC=C2C=C[N-]C=C2)cc1.[Li+]. The molecule has 4 heteroatoms. The molecule has 0 bridgehead atoms. The van der Waals surface area contributed by atoms with Gasteiger partial charge in [-0.1, -0.05) is 12.2 Å². The first kappa shape index (κ1) is 15.4. The van der Waals surface area contributed by atoms with E-state index in [1.165, 1.54) is 0 Å². The van der Waals surface area contributed by atoms with E-state index in [4.69, 9.17) is 4.74 Å². The molecule has 1 aromatic rings. The van der Waals surface area contributed by atoms with Crippen molar-refractivity contribution in [1.82, 2.24) is 0 Å². The fourth-order valence-electron chi connectivity index (χ4n) is 1.53. The van der Waals surface area contributed by atoms with Gasteiger partial charge >= 0.3 is 18.9 Å². The Bertz CT molecular complexity index is 514. The molecular weight excluding hydrogens is 231 g/mol. The minimum absolute atomic E-state index is 0. The molecule has 1 aromatic carbocycles. The second kappa shape index (κ2) is 7.68. The van der Waals surface area contributed by atoms with Crippen LogP contribution >= 0.6 is 0 Å². The predicted molar refractivity (Wildman–Crippen MR) is 74.9 cm³/mol. The third kappa shape index (κ3) is 4.48. The van der Waals surface area contributed by atoms with Crippen LogP contribution in [-0.2, 0) is 0 Å². The number of nitrogens with zero attached hydrogens (tertiary/aromatic N) is 2. The third-order valence-electron chi connectivity index (χ3n) is 2.62. The summed E-state index contributed by atoms with van der Waals surface area (Å²) in [5.41, 5.74) is 3.09. The van der Waals surface area contributed by atoms with Gasteiger partial charge in [0, 0.05) is 11.9 Å². The van der Waals surface area contributed by atoms with Crippen molar-refractivity contribution in [1.29, 1.82) is 0 Å². The Morgan fingerprint density at radius 1 is 1.16 bits per heavy atom. The molecule has 2 rings (SSSR count). The maximum absolute atomic E-state index is 5.12. The first-order valence-electron chi connectivity index (χ1n) is 5.71. The summed E-state index contributed by atoms with van der Waals surface area (Å²) in [7, 11) is 1.66. The van der Waals surface area contributed by atoms with Gasteiger partial charge in [-0.05, 0) is 42.3 Å². The van der Waals surface area contributed by atoms with Gasteiger partial charge in [0.05, 0.1) is 7.11 Å². The number of allylic oxidation sites excluding steroid dienone is 3. The Morgan fingerprint density at radius 3 is 2.37 bits per heavy atom. The second-order valence-electron chi connectivity index (χ2n) is 3.85. The fraction of sp³-hybridized carbons (Fsp3) is 0.133. The van der Waals surface area contributed by atoms with E-state index in [1.54, 1.807) is 19.5 Å². The quantitative estimate of drug-likeness (QED) is 0.574. The van der Waals surface area contributed by atoms with Crippen molar-refractivity contribution in [2.45, 2.75) is 6.92 Å². The van der Waals surface area contributed by atoms with E-state index in [-0.39, 0.29) is 18.9 Å². The minimum atomic E-state index is 0. The van der Waals surface area contributed by atoms with Crippen molar-refractivity contribution in [3.05, 3.63) is 71.5 Å². The Hall–Kier alpha value is -1.69. The summed E-state index contributed by atoms with van der Waals surface area (Å²) in [4.78, 5) is 4.44. The van der Waals surface area contributed by atoms with Gasteiger partial charge in [-0.15, -0.1) is 0 Å². The van der Waals surface area contributed by atoms with Gasteiger partial charge in [0.1, 0.15) is 5.75 Å². The number of aliphatic imine (C=N–C) groups is 1. The van der Waals surface area contributed by atoms with Crippen LogP contribution in [0.3, 0.4) is 0 Å². The predicted octanol–water partition coefficient (Wildman–Crippen LogP) is 0.807. The molecule has 1 aliphatic rings. The number of hydrogen-bond donors (Lipinski definition) is 0. The summed E-state index contributed by atoms with van der Waals surface area (Å²) in [6, 6.07) is 7.86. The fourth-order valence-corrected chi connectivity index (χ4v) is 1.53. The van der Waals surface area contributed by atoms with E-state index in [0.717, 1.165) is 22.6 Å². The van der Waals surface area contributed by atoms with E-state index >= 15 is 0 Å². The van der Waals surface area contributed by atoms with Crippen molar-refractivity contribution < 1.29 is 23.6 Å². The smallest absolute Gasteiger partial charge is 0.670 e. The molecule has 0 radical (unpaired) electrons. The van der Waals surface area contributed by atoms with Crippen LogP contribution in [0.2, 0.25) is 0 Å². The van der Waals surface area contributed by atoms with Crippen LogP contribution in [0.15, 0.2) is 65.6 Å². The van der Waals surface area contributed by atoms with Crippen molar-refractivity contribution in [2.75, 3.05) is 7.11 Å². The van der Waals surface area contributed by atoms with Crippen LogP contribution < -0.4 is 23.6 Å². The molecule has 0 saturated carbocycles. The largest absolute Gasteiger partial charge is 1.00 e. The monoisotopic (exact) mass is 246 g/mol. The van der Waals surface area contributed by atoms with Gasteiger partial charge in [0.2, 0.25) is 0 Å². The number of hydrogen-bond acceptors (Lipinski definition) is 2. The minimum Gasteiger partial charge on any atom is -0.670 e. The molecule has 92 valence electrons. The normalized spacial score (nSPS) is 13.6. The molecule has 0 saturated heterocycles. The summed E-state index contributed by atoms with van der Waals surface area (Å²) in [5, 5.41) is 3.97. The van der Waals surface area contributed by atoms with E-state index in [0.29, 0.717) is 0 Å². The average Bonchev–Trinajstić information content (AvgIpc) is 2.46. The molecule has 0 aliphatic carbocycles. The Morgan fingerprint density at radius 2 is 1.79 bits per heavy atom. The summed E-state index contributed by atoms with van der Waals surface area (Å²) in [6.07, 6.45) is 9.19. The van der Waals surface area contributed by atoms with Crippen LogP contribution in [0.1, 0.15) is 12.5 Å². The maximum Gasteiger partial charge on any atom is 1.00 e. The van der Waals surface area contributed by atoms with Gasteiger partial charge in [-0.2, -0.15) is 12.4 Å². The van der Waals surface area contributed by atoms with Gasteiger partial charge in [-0.25, -0.2) is 0 Å². The van der Waals surface area contributed by atoms with Crippen LogP contribution in [0.25, 0.3) is 5.32 Å². The van der Waals surface area contributed by atoms with Crippen LogP contribution in [-0.4, -0.2) is 12.8 Å². The van der Waals surface area contributed by atoms with Gasteiger partial charge < -0.3 is 10.1 Å². The molecule has 1 aliphatic heterocycles. The number of benzene rings is 1. The molecule has 0 atom stereocenters. The zero-order valence-corrected chi connectivity index (χ0v) is 11.5. The standard InChI is InChI=1S/C15H15N2O.Li/c1-12(14-3-5-15(18-2)6-4-14)17-11-13-7-9-16-10-8-13;/h3-11H,1-2H3;/q-1;+1. The number of ether oxygens (including phenoxy) is 1. The van der Waals surface area contributed by atoms with Crippen molar-refractivity contribution in [2.24, 2.45) is 4.99 Å². The molecule has 0 unspecified atom stereocenters. The summed E-state index contributed by atoms with van der Waals surface area (Å²) >= 11 is 0. The molecule has 0 aromatic heterocycles. The number of methoxy groups -OCH3 is 1. The van der Waals surface area contributed by atoms with Gasteiger partial charge in [0.15, 0.2) is 0 Å². The van der Waals surface area contributed by atoms with E-state index in [1.807, 2.05) is 49.5 Å². The van der Waals surface area contributed by atoms with Crippen molar-refractivity contribution >= 4 is 5.71 Å². The molecule has 0 spiro atoms. The third-order valence-corrected chi connectivity index (χ3v) is 2.62. The Kier molecular flexibility index (Phi) is 6.21. The number of rotatable bonds is 3. The van der Waals surface area contributed by atoms with Crippen LogP contribution in [0, 0.1) is 0 Å². The average molecular weight is 246 g/mol. The Balaban J connectivity index is 0.00000180. The van der Waals surface area contributed by atoms with E-state index < -0.39 is 0 Å². The Labute approximate surface area is 125 Å².